The van der Waals surface area contributed by atoms with E-state index in [0.717, 1.165) is 16.8 Å². The van der Waals surface area contributed by atoms with Crippen LogP contribution in [-0.4, -0.2) is 14.1 Å². The van der Waals surface area contributed by atoms with Crippen molar-refractivity contribution in [3.63, 3.8) is 0 Å². The Morgan fingerprint density at radius 2 is 1.61 bits per heavy atom. The predicted octanol–water partition coefficient (Wildman–Crippen LogP) is 3.02. The topological polar surface area (TPSA) is 29.3 Å². The van der Waals surface area contributed by atoms with Gasteiger partial charge in [-0.3, -0.25) is 0 Å². The molecule has 0 aliphatic heterocycles. The van der Waals surface area contributed by atoms with Crippen molar-refractivity contribution in [2.24, 2.45) is 5.73 Å². The fourth-order valence-corrected chi connectivity index (χ4v) is 1.84. The summed E-state index contributed by atoms with van der Waals surface area (Å²) in [4.78, 5) is 2.03. The van der Waals surface area contributed by atoms with Crippen molar-refractivity contribution in [3.05, 3.63) is 53.8 Å². The van der Waals surface area contributed by atoms with Gasteiger partial charge in [0, 0.05) is 31.9 Å². The molecule has 0 aliphatic carbocycles. The van der Waals surface area contributed by atoms with Crippen molar-refractivity contribution in [1.29, 1.82) is 0 Å². The zero-order valence-corrected chi connectivity index (χ0v) is 10.7. The van der Waals surface area contributed by atoms with Crippen LogP contribution >= 0.6 is 0 Å². The number of hydrogen-bond acceptors (Lipinski definition) is 2. The van der Waals surface area contributed by atoms with E-state index in [1.807, 2.05) is 49.3 Å². The molecule has 2 aromatic carbocycles. The smallest absolute Gasteiger partial charge is 0.128 e. The molecule has 0 aromatic heterocycles. The van der Waals surface area contributed by atoms with E-state index in [2.05, 4.69) is 0 Å². The van der Waals surface area contributed by atoms with Gasteiger partial charge in [-0.1, -0.05) is 24.3 Å². The van der Waals surface area contributed by atoms with E-state index in [1.54, 1.807) is 6.07 Å². The molecule has 0 saturated carbocycles. The Morgan fingerprint density at radius 3 is 2.11 bits per heavy atom. The first-order chi connectivity index (χ1) is 8.61. The van der Waals surface area contributed by atoms with Gasteiger partial charge in [0.05, 0.1) is 0 Å². The highest BCUT2D eigenvalue weighted by molar-refractivity contribution is 5.66. The molecule has 0 spiro atoms. The lowest BCUT2D eigenvalue weighted by Gasteiger charge is -2.13. The van der Waals surface area contributed by atoms with Gasteiger partial charge < -0.3 is 10.6 Å². The zero-order chi connectivity index (χ0) is 13.1. The number of halogens is 1. The number of benzene rings is 2. The van der Waals surface area contributed by atoms with Crippen molar-refractivity contribution in [3.8, 4) is 11.1 Å². The van der Waals surface area contributed by atoms with Crippen LogP contribution in [0.5, 0.6) is 0 Å². The first-order valence-corrected chi connectivity index (χ1v) is 5.88. The average Bonchev–Trinajstić information content (AvgIpc) is 2.38. The summed E-state index contributed by atoms with van der Waals surface area (Å²) >= 11 is 0. The minimum absolute atomic E-state index is 0.228. The molecule has 18 heavy (non-hydrogen) atoms. The van der Waals surface area contributed by atoms with Crippen LogP contribution in [0.1, 0.15) is 5.56 Å². The molecule has 2 rings (SSSR count). The van der Waals surface area contributed by atoms with Crippen LogP contribution in [-0.2, 0) is 6.54 Å². The van der Waals surface area contributed by atoms with E-state index in [4.69, 9.17) is 5.73 Å². The summed E-state index contributed by atoms with van der Waals surface area (Å²) in [6.07, 6.45) is 0. The minimum Gasteiger partial charge on any atom is -0.378 e. The van der Waals surface area contributed by atoms with Crippen molar-refractivity contribution in [2.75, 3.05) is 19.0 Å². The number of nitrogens with zero attached hydrogens (tertiary/aromatic N) is 1. The Morgan fingerprint density at radius 1 is 1.00 bits per heavy atom. The Kier molecular flexibility index (Phi) is 3.63. The summed E-state index contributed by atoms with van der Waals surface area (Å²) in [7, 11) is 3.98. The molecule has 94 valence electrons. The highest BCUT2D eigenvalue weighted by Gasteiger charge is 2.04. The summed E-state index contributed by atoms with van der Waals surface area (Å²) in [5.41, 5.74) is 8.99. The van der Waals surface area contributed by atoms with Crippen LogP contribution in [0.2, 0.25) is 0 Å². The lowest BCUT2D eigenvalue weighted by atomic mass is 10.0. The summed E-state index contributed by atoms with van der Waals surface area (Å²) in [5.74, 6) is -0.244. The van der Waals surface area contributed by atoms with Gasteiger partial charge in [-0.25, -0.2) is 4.39 Å². The monoisotopic (exact) mass is 244 g/mol. The van der Waals surface area contributed by atoms with Gasteiger partial charge in [-0.05, 0) is 29.3 Å². The Bertz CT molecular complexity index is 533. The summed E-state index contributed by atoms with van der Waals surface area (Å²) in [5, 5.41) is 0. The van der Waals surface area contributed by atoms with Gasteiger partial charge in [0.25, 0.3) is 0 Å². The molecule has 0 amide bonds. The third-order valence-corrected chi connectivity index (χ3v) is 2.99. The molecule has 0 saturated heterocycles. The summed E-state index contributed by atoms with van der Waals surface area (Å²) in [6, 6.07) is 13.2. The van der Waals surface area contributed by atoms with Crippen molar-refractivity contribution in [1.82, 2.24) is 0 Å². The van der Waals surface area contributed by atoms with Crippen LogP contribution in [0, 0.1) is 5.82 Å². The molecule has 2 aromatic rings. The van der Waals surface area contributed by atoms with E-state index in [9.17, 15) is 4.39 Å². The van der Waals surface area contributed by atoms with E-state index in [0.29, 0.717) is 5.56 Å². The molecule has 0 bridgehead atoms. The summed E-state index contributed by atoms with van der Waals surface area (Å²) < 4.78 is 13.7. The summed E-state index contributed by atoms with van der Waals surface area (Å²) in [6.45, 7) is 0.228. The minimum atomic E-state index is -0.244. The van der Waals surface area contributed by atoms with Gasteiger partial charge in [-0.15, -0.1) is 0 Å². The van der Waals surface area contributed by atoms with Crippen LogP contribution in [0.25, 0.3) is 11.1 Å². The molecular weight excluding hydrogens is 227 g/mol. The molecule has 2 nitrogen and oxygen atoms in total. The fraction of sp³-hybridized carbons (Fsp3) is 0.200. The number of hydrogen-bond donors (Lipinski definition) is 1. The maximum atomic E-state index is 13.7. The lowest BCUT2D eigenvalue weighted by Crippen LogP contribution is -2.07. The Balaban J connectivity index is 2.34. The zero-order valence-electron chi connectivity index (χ0n) is 10.7. The SMILES string of the molecule is CN(C)c1ccc(-c2ccc(CN)c(F)c2)cc1. The fourth-order valence-electron chi connectivity index (χ4n) is 1.84. The van der Waals surface area contributed by atoms with Crippen LogP contribution in [0.4, 0.5) is 10.1 Å². The molecule has 0 aliphatic rings. The van der Waals surface area contributed by atoms with Crippen LogP contribution in [0.3, 0.4) is 0 Å². The largest absolute Gasteiger partial charge is 0.378 e. The van der Waals surface area contributed by atoms with Crippen LogP contribution in [0.15, 0.2) is 42.5 Å². The van der Waals surface area contributed by atoms with Crippen molar-refractivity contribution >= 4 is 5.69 Å². The van der Waals surface area contributed by atoms with Gasteiger partial charge in [0.15, 0.2) is 0 Å². The standard InChI is InChI=1S/C15H17FN2/c1-18(2)14-7-5-11(6-8-14)12-3-4-13(10-17)15(16)9-12/h3-9H,10,17H2,1-2H3. The number of nitrogens with two attached hydrogens (primary N) is 1. The van der Waals surface area contributed by atoms with Gasteiger partial charge in [0.2, 0.25) is 0 Å². The third kappa shape index (κ3) is 2.51. The highest BCUT2D eigenvalue weighted by Crippen LogP contribution is 2.24. The van der Waals surface area contributed by atoms with E-state index in [1.165, 1.54) is 6.07 Å². The molecule has 0 unspecified atom stereocenters. The van der Waals surface area contributed by atoms with Gasteiger partial charge in [0.1, 0.15) is 5.82 Å². The first kappa shape index (κ1) is 12.6. The second-order valence-corrected chi connectivity index (χ2v) is 4.45. The quantitative estimate of drug-likeness (QED) is 0.899. The number of rotatable bonds is 3. The van der Waals surface area contributed by atoms with Gasteiger partial charge in [-0.2, -0.15) is 0 Å². The highest BCUT2D eigenvalue weighted by atomic mass is 19.1. The molecule has 3 heteroatoms. The van der Waals surface area contributed by atoms with Crippen molar-refractivity contribution < 1.29 is 4.39 Å². The normalized spacial score (nSPS) is 10.4. The predicted molar refractivity (Wildman–Crippen MR) is 74.1 cm³/mol. The van der Waals surface area contributed by atoms with Crippen LogP contribution < -0.4 is 10.6 Å². The molecule has 0 fully saturated rings. The number of anilines is 1. The third-order valence-electron chi connectivity index (χ3n) is 2.99. The second-order valence-electron chi connectivity index (χ2n) is 4.45. The van der Waals surface area contributed by atoms with E-state index < -0.39 is 0 Å². The Labute approximate surface area is 107 Å². The van der Waals surface area contributed by atoms with E-state index in [-0.39, 0.29) is 12.4 Å². The second kappa shape index (κ2) is 5.19. The maximum absolute atomic E-state index is 13.7. The molecule has 0 radical (unpaired) electrons. The van der Waals surface area contributed by atoms with Crippen molar-refractivity contribution in [2.45, 2.75) is 6.54 Å². The van der Waals surface area contributed by atoms with E-state index >= 15 is 0 Å². The lowest BCUT2D eigenvalue weighted by molar-refractivity contribution is 0.611. The average molecular weight is 244 g/mol. The Hall–Kier alpha value is -1.87. The molecule has 0 heterocycles. The van der Waals surface area contributed by atoms with Gasteiger partial charge >= 0.3 is 0 Å². The molecule has 2 N–H and O–H groups in total. The first-order valence-electron chi connectivity index (χ1n) is 5.88. The molecular formula is C15H17FN2. The maximum Gasteiger partial charge on any atom is 0.128 e. The molecule has 0 atom stereocenters.